The van der Waals surface area contributed by atoms with Crippen molar-refractivity contribution < 1.29 is 4.79 Å². The highest BCUT2D eigenvalue weighted by molar-refractivity contribution is 5.94. The molecule has 2 saturated heterocycles. The first-order chi connectivity index (χ1) is 11.3. The Morgan fingerprint density at radius 3 is 2.20 bits per heavy atom. The summed E-state index contributed by atoms with van der Waals surface area (Å²) in [6, 6.07) is 0. The zero-order valence-electron chi connectivity index (χ0n) is 15.5. The number of rotatable bonds is 1. The van der Waals surface area contributed by atoms with Gasteiger partial charge in [0.15, 0.2) is 0 Å². The molecule has 0 spiro atoms. The molecule has 0 unspecified atom stereocenters. The van der Waals surface area contributed by atoms with Crippen LogP contribution in [0.2, 0.25) is 0 Å². The van der Waals surface area contributed by atoms with Crippen LogP contribution in [0, 0.1) is 18.8 Å². The fraction of sp³-hybridized carbons (Fsp3) is 0.722. The maximum absolute atomic E-state index is 12.9. The largest absolute Gasteiger partial charge is 0.338 e. The number of amides is 1. The molecule has 0 bridgehead atoms. The lowest BCUT2D eigenvalue weighted by atomic mass is 9.92. The number of hydrogen-bond acceptors (Lipinski definition) is 4. The molecule has 3 heterocycles. The number of hydrogen-bond donors (Lipinski definition) is 2. The highest BCUT2D eigenvalue weighted by Crippen LogP contribution is 2.27. The summed E-state index contributed by atoms with van der Waals surface area (Å²) in [7, 11) is 0. The van der Waals surface area contributed by atoms with Gasteiger partial charge in [-0.3, -0.25) is 9.59 Å². The number of aromatic nitrogens is 2. The lowest BCUT2D eigenvalue weighted by Crippen LogP contribution is -2.38. The molecule has 6 nitrogen and oxygen atoms in total. The van der Waals surface area contributed by atoms with Crippen LogP contribution in [0.1, 0.15) is 55.5 Å². The van der Waals surface area contributed by atoms with Crippen molar-refractivity contribution in [3.8, 4) is 0 Å². The van der Waals surface area contributed by atoms with Gasteiger partial charge in [0.05, 0.1) is 5.69 Å². The number of nitrogens with one attached hydrogen (secondary N) is 2. The number of aromatic amines is 1. The van der Waals surface area contributed by atoms with Gasteiger partial charge in [-0.1, -0.05) is 20.8 Å². The standard InChI is InChI=1S/C18H28N4O2.ClH/c1-11-14(15(23)21-17(20-11)18(2,3)4)16(24)22-7-5-12-9-19-10-13(12)6-8-22;/h12-13,19H,5-10H2,1-4H3,(H,20,21,23);1H/t12-,13+;. The SMILES string of the molecule is Cc1nc(C(C)(C)C)[nH]c(=O)c1C(=O)N1CC[C@@H]2CNC[C@@H]2CC1.Cl. The maximum atomic E-state index is 12.9. The molecule has 2 fully saturated rings. The Kier molecular flexibility index (Phi) is 5.94. The molecular weight excluding hydrogens is 340 g/mol. The monoisotopic (exact) mass is 368 g/mol. The molecule has 140 valence electrons. The van der Waals surface area contributed by atoms with Gasteiger partial charge in [0, 0.05) is 18.5 Å². The first-order valence-electron chi connectivity index (χ1n) is 8.88. The third-order valence-corrected chi connectivity index (χ3v) is 5.33. The van der Waals surface area contributed by atoms with Gasteiger partial charge >= 0.3 is 0 Å². The molecular formula is C18H29ClN4O2. The first-order valence-corrected chi connectivity index (χ1v) is 8.88. The Balaban J connectivity index is 0.00000225. The highest BCUT2D eigenvalue weighted by Gasteiger charge is 2.33. The van der Waals surface area contributed by atoms with Crippen LogP contribution in [-0.4, -0.2) is 47.0 Å². The Bertz CT molecular complexity index is 681. The number of aryl methyl sites for hydroxylation is 1. The van der Waals surface area contributed by atoms with Gasteiger partial charge in [-0.25, -0.2) is 4.98 Å². The van der Waals surface area contributed by atoms with Crippen LogP contribution < -0.4 is 10.9 Å². The quantitative estimate of drug-likeness (QED) is 0.793. The molecule has 2 N–H and O–H groups in total. The van der Waals surface area contributed by atoms with E-state index in [9.17, 15) is 9.59 Å². The molecule has 0 aromatic carbocycles. The molecule has 7 heteroatoms. The third-order valence-electron chi connectivity index (χ3n) is 5.33. The zero-order chi connectivity index (χ0) is 17.5. The van der Waals surface area contributed by atoms with Crippen molar-refractivity contribution in [1.82, 2.24) is 20.2 Å². The van der Waals surface area contributed by atoms with E-state index in [0.29, 0.717) is 23.4 Å². The summed E-state index contributed by atoms with van der Waals surface area (Å²) >= 11 is 0. The average Bonchev–Trinajstić information content (AvgIpc) is 2.84. The Hall–Kier alpha value is -1.40. The number of nitrogens with zero attached hydrogens (tertiary/aromatic N) is 2. The van der Waals surface area contributed by atoms with Crippen LogP contribution in [0.3, 0.4) is 0 Å². The number of carbonyl (C=O) groups excluding carboxylic acids is 1. The Morgan fingerprint density at radius 1 is 1.16 bits per heavy atom. The number of carbonyl (C=O) groups is 1. The number of fused-ring (bicyclic) bond motifs is 1. The molecule has 0 radical (unpaired) electrons. The molecule has 2 aliphatic rings. The second kappa shape index (κ2) is 7.46. The predicted octanol–water partition coefficient (Wildman–Crippen LogP) is 1.87. The highest BCUT2D eigenvalue weighted by atomic mass is 35.5. The summed E-state index contributed by atoms with van der Waals surface area (Å²) in [4.78, 5) is 34.6. The van der Waals surface area contributed by atoms with E-state index in [2.05, 4.69) is 15.3 Å². The molecule has 25 heavy (non-hydrogen) atoms. The van der Waals surface area contributed by atoms with Crippen LogP contribution in [0.15, 0.2) is 4.79 Å². The van der Waals surface area contributed by atoms with Crippen LogP contribution in [0.4, 0.5) is 0 Å². The van der Waals surface area contributed by atoms with Gasteiger partial charge in [-0.2, -0.15) is 0 Å². The summed E-state index contributed by atoms with van der Waals surface area (Å²) < 4.78 is 0. The van der Waals surface area contributed by atoms with E-state index in [0.717, 1.165) is 39.0 Å². The molecule has 0 aliphatic carbocycles. The molecule has 0 saturated carbocycles. The second-order valence-electron chi connectivity index (χ2n) is 8.17. The summed E-state index contributed by atoms with van der Waals surface area (Å²) in [5.74, 6) is 1.76. The molecule has 2 aliphatic heterocycles. The van der Waals surface area contributed by atoms with Gasteiger partial charge < -0.3 is 15.2 Å². The Morgan fingerprint density at radius 2 is 1.72 bits per heavy atom. The van der Waals surface area contributed by atoms with E-state index in [4.69, 9.17) is 0 Å². The van der Waals surface area contributed by atoms with Crippen LogP contribution in [-0.2, 0) is 5.41 Å². The third kappa shape index (κ3) is 4.06. The molecule has 1 aromatic rings. The van der Waals surface area contributed by atoms with E-state index in [1.165, 1.54) is 0 Å². The van der Waals surface area contributed by atoms with Crippen molar-refractivity contribution >= 4 is 18.3 Å². The van der Waals surface area contributed by atoms with Gasteiger partial charge in [-0.15, -0.1) is 12.4 Å². The summed E-state index contributed by atoms with van der Waals surface area (Å²) in [6.45, 7) is 11.3. The lowest BCUT2D eigenvalue weighted by molar-refractivity contribution is 0.0755. The van der Waals surface area contributed by atoms with Gasteiger partial charge in [0.2, 0.25) is 0 Å². The summed E-state index contributed by atoms with van der Waals surface area (Å²) in [5, 5.41) is 3.44. The molecule has 1 amide bonds. The fourth-order valence-corrected chi connectivity index (χ4v) is 3.77. The van der Waals surface area contributed by atoms with Crippen LogP contribution >= 0.6 is 12.4 Å². The van der Waals surface area contributed by atoms with Crippen molar-refractivity contribution in [2.24, 2.45) is 11.8 Å². The smallest absolute Gasteiger partial charge is 0.264 e. The minimum Gasteiger partial charge on any atom is -0.338 e. The topological polar surface area (TPSA) is 78.1 Å². The maximum Gasteiger partial charge on any atom is 0.264 e. The number of likely N-dealkylation sites (tertiary alicyclic amines) is 1. The van der Waals surface area contributed by atoms with Crippen molar-refractivity contribution in [2.45, 2.75) is 46.0 Å². The predicted molar refractivity (Wildman–Crippen MR) is 101 cm³/mol. The Labute approximate surface area is 155 Å². The number of H-pyrrole nitrogens is 1. The summed E-state index contributed by atoms with van der Waals surface area (Å²) in [6.07, 6.45) is 2.02. The van der Waals surface area contributed by atoms with Crippen molar-refractivity contribution in [3.63, 3.8) is 0 Å². The van der Waals surface area contributed by atoms with Gasteiger partial charge in [-0.05, 0) is 44.7 Å². The van der Waals surface area contributed by atoms with E-state index in [-0.39, 0.29) is 34.9 Å². The van der Waals surface area contributed by atoms with Crippen molar-refractivity contribution in [1.29, 1.82) is 0 Å². The van der Waals surface area contributed by atoms with Crippen LogP contribution in [0.5, 0.6) is 0 Å². The fourth-order valence-electron chi connectivity index (χ4n) is 3.77. The molecule has 1 aromatic heterocycles. The van der Waals surface area contributed by atoms with Gasteiger partial charge in [0.25, 0.3) is 11.5 Å². The minimum atomic E-state index is -0.316. The first kappa shape index (κ1) is 19.9. The molecule has 3 rings (SSSR count). The normalized spacial score (nSPS) is 23.6. The second-order valence-corrected chi connectivity index (χ2v) is 8.17. The van der Waals surface area contributed by atoms with Gasteiger partial charge in [0.1, 0.15) is 11.4 Å². The van der Waals surface area contributed by atoms with E-state index in [1.54, 1.807) is 6.92 Å². The van der Waals surface area contributed by atoms with E-state index >= 15 is 0 Å². The van der Waals surface area contributed by atoms with Crippen molar-refractivity contribution in [2.75, 3.05) is 26.2 Å². The molecule has 2 atom stereocenters. The van der Waals surface area contributed by atoms with Crippen LogP contribution in [0.25, 0.3) is 0 Å². The number of halogens is 1. The average molecular weight is 369 g/mol. The van der Waals surface area contributed by atoms with E-state index < -0.39 is 0 Å². The van der Waals surface area contributed by atoms with E-state index in [1.807, 2.05) is 25.7 Å². The summed E-state index contributed by atoms with van der Waals surface area (Å²) in [5.41, 5.74) is 0.162. The minimum absolute atomic E-state index is 0. The lowest BCUT2D eigenvalue weighted by Gasteiger charge is -2.23. The zero-order valence-corrected chi connectivity index (χ0v) is 16.3. The van der Waals surface area contributed by atoms with Crippen molar-refractivity contribution in [3.05, 3.63) is 27.4 Å².